The first-order chi connectivity index (χ1) is 12.0. The molecular formula is C18H20ClN3O3. The minimum atomic E-state index is -0.308. The highest BCUT2D eigenvalue weighted by Gasteiger charge is 2.36. The molecule has 1 amide bonds. The van der Waals surface area contributed by atoms with E-state index in [0.29, 0.717) is 30.2 Å². The van der Waals surface area contributed by atoms with Crippen LogP contribution < -0.4 is 10.1 Å². The van der Waals surface area contributed by atoms with Gasteiger partial charge in [0.2, 0.25) is 0 Å². The number of nitrogens with zero attached hydrogens (tertiary/aromatic N) is 1. The number of hydrogen-bond acceptors (Lipinski definition) is 4. The third-order valence-corrected chi connectivity index (χ3v) is 5.53. The van der Waals surface area contributed by atoms with Gasteiger partial charge in [-0.2, -0.15) is 5.10 Å². The van der Waals surface area contributed by atoms with Crippen molar-refractivity contribution in [3.8, 4) is 5.75 Å². The summed E-state index contributed by atoms with van der Waals surface area (Å²) in [5.74, 6) is 0.795. The Morgan fingerprint density at radius 1 is 1.48 bits per heavy atom. The molecule has 1 fully saturated rings. The first-order valence-corrected chi connectivity index (χ1v) is 8.85. The fraction of sp³-hybridized carbons (Fsp3) is 0.444. The SMILES string of the molecule is Cc1[nH]nc(C(=O)NC(c2ccc3c(c2)CCO3)C2CC(O)C2)c1Cl. The van der Waals surface area contributed by atoms with Crippen LogP contribution in [0.25, 0.3) is 0 Å². The van der Waals surface area contributed by atoms with Gasteiger partial charge in [-0.3, -0.25) is 9.89 Å². The highest BCUT2D eigenvalue weighted by Crippen LogP contribution is 2.40. The zero-order chi connectivity index (χ0) is 17.6. The van der Waals surface area contributed by atoms with Gasteiger partial charge in [-0.1, -0.05) is 17.7 Å². The molecule has 2 aliphatic rings. The largest absolute Gasteiger partial charge is 0.493 e. The van der Waals surface area contributed by atoms with Gasteiger partial charge in [0.1, 0.15) is 5.75 Å². The molecule has 2 heterocycles. The van der Waals surface area contributed by atoms with E-state index in [9.17, 15) is 9.90 Å². The number of H-pyrrole nitrogens is 1. The number of halogens is 1. The van der Waals surface area contributed by atoms with E-state index in [2.05, 4.69) is 21.6 Å². The number of rotatable bonds is 4. The summed E-state index contributed by atoms with van der Waals surface area (Å²) in [5.41, 5.74) is 3.05. The number of aromatic amines is 1. The van der Waals surface area contributed by atoms with Crippen LogP contribution >= 0.6 is 11.6 Å². The number of benzene rings is 1. The molecule has 0 spiro atoms. The molecule has 6 nitrogen and oxygen atoms in total. The van der Waals surface area contributed by atoms with Crippen LogP contribution in [0, 0.1) is 12.8 Å². The van der Waals surface area contributed by atoms with Crippen LogP contribution in [0.4, 0.5) is 0 Å². The second-order valence-electron chi connectivity index (χ2n) is 6.81. The van der Waals surface area contributed by atoms with Crippen molar-refractivity contribution in [2.24, 2.45) is 5.92 Å². The Kier molecular flexibility index (Phi) is 4.17. The van der Waals surface area contributed by atoms with Crippen molar-refractivity contribution in [2.45, 2.75) is 38.3 Å². The molecule has 3 N–H and O–H groups in total. The van der Waals surface area contributed by atoms with Crippen molar-refractivity contribution in [1.82, 2.24) is 15.5 Å². The van der Waals surface area contributed by atoms with Gasteiger partial charge in [0.05, 0.1) is 29.5 Å². The number of amides is 1. The molecule has 1 aliphatic carbocycles. The Balaban J connectivity index is 1.60. The molecule has 7 heteroatoms. The van der Waals surface area contributed by atoms with Crippen molar-refractivity contribution in [1.29, 1.82) is 0 Å². The second kappa shape index (κ2) is 6.35. The van der Waals surface area contributed by atoms with Gasteiger partial charge in [0, 0.05) is 6.42 Å². The molecule has 0 saturated heterocycles. The van der Waals surface area contributed by atoms with E-state index >= 15 is 0 Å². The first kappa shape index (κ1) is 16.4. The quantitative estimate of drug-likeness (QED) is 0.781. The third kappa shape index (κ3) is 3.00. The molecule has 0 radical (unpaired) electrons. The second-order valence-corrected chi connectivity index (χ2v) is 7.19. The van der Waals surface area contributed by atoms with E-state index in [0.717, 1.165) is 23.3 Å². The lowest BCUT2D eigenvalue weighted by molar-refractivity contribution is 0.0234. The van der Waals surface area contributed by atoms with Crippen molar-refractivity contribution >= 4 is 17.5 Å². The molecule has 0 bridgehead atoms. The van der Waals surface area contributed by atoms with Crippen molar-refractivity contribution in [3.63, 3.8) is 0 Å². The number of carbonyl (C=O) groups is 1. The lowest BCUT2D eigenvalue weighted by Gasteiger charge is -2.38. The lowest BCUT2D eigenvalue weighted by atomic mass is 9.75. The summed E-state index contributed by atoms with van der Waals surface area (Å²) in [6.45, 7) is 2.46. The van der Waals surface area contributed by atoms with Crippen LogP contribution in [0.5, 0.6) is 5.75 Å². The molecule has 1 unspecified atom stereocenters. The predicted octanol–water partition coefficient (Wildman–Crippen LogP) is 2.55. The summed E-state index contributed by atoms with van der Waals surface area (Å²) < 4.78 is 5.56. The average molecular weight is 362 g/mol. The monoisotopic (exact) mass is 361 g/mol. The number of ether oxygens (including phenoxy) is 1. The number of carbonyl (C=O) groups excluding carboxylic acids is 1. The van der Waals surface area contributed by atoms with Gasteiger partial charge in [-0.15, -0.1) is 0 Å². The topological polar surface area (TPSA) is 87.2 Å². The molecule has 1 saturated carbocycles. The van der Waals surface area contributed by atoms with Crippen LogP contribution in [-0.4, -0.2) is 33.9 Å². The van der Waals surface area contributed by atoms with Crippen LogP contribution in [0.3, 0.4) is 0 Å². The first-order valence-electron chi connectivity index (χ1n) is 8.48. The Morgan fingerprint density at radius 2 is 2.28 bits per heavy atom. The van der Waals surface area contributed by atoms with Gasteiger partial charge in [0.15, 0.2) is 5.69 Å². The number of nitrogens with one attached hydrogen (secondary N) is 2. The Morgan fingerprint density at radius 3 is 2.96 bits per heavy atom. The number of aryl methyl sites for hydroxylation is 1. The average Bonchev–Trinajstić information content (AvgIpc) is 3.16. The highest BCUT2D eigenvalue weighted by molar-refractivity contribution is 6.34. The summed E-state index contributed by atoms with van der Waals surface area (Å²) >= 11 is 6.15. The third-order valence-electron chi connectivity index (χ3n) is 5.07. The molecule has 25 heavy (non-hydrogen) atoms. The number of aliphatic hydroxyl groups excluding tert-OH is 1. The zero-order valence-electron chi connectivity index (χ0n) is 13.9. The molecule has 1 aliphatic heterocycles. The molecule has 1 atom stereocenters. The van der Waals surface area contributed by atoms with Crippen LogP contribution in [0.2, 0.25) is 5.02 Å². The molecule has 1 aromatic carbocycles. The maximum absolute atomic E-state index is 12.7. The van der Waals surface area contributed by atoms with Gasteiger partial charge in [-0.25, -0.2) is 0 Å². The van der Waals surface area contributed by atoms with E-state index in [-0.39, 0.29) is 29.7 Å². The van der Waals surface area contributed by atoms with E-state index in [4.69, 9.17) is 16.3 Å². The Bertz CT molecular complexity index is 814. The summed E-state index contributed by atoms with van der Waals surface area (Å²) in [6.07, 6.45) is 1.93. The molecular weight excluding hydrogens is 342 g/mol. The number of fused-ring (bicyclic) bond motifs is 1. The van der Waals surface area contributed by atoms with Crippen molar-refractivity contribution in [3.05, 3.63) is 45.7 Å². The number of aromatic nitrogens is 2. The lowest BCUT2D eigenvalue weighted by Crippen LogP contribution is -2.41. The van der Waals surface area contributed by atoms with Crippen LogP contribution in [0.1, 0.15) is 46.2 Å². The number of hydrogen-bond donors (Lipinski definition) is 3. The highest BCUT2D eigenvalue weighted by atomic mass is 35.5. The Hall–Kier alpha value is -2.05. The summed E-state index contributed by atoms with van der Waals surface area (Å²) in [6, 6.07) is 5.85. The van der Waals surface area contributed by atoms with Gasteiger partial charge >= 0.3 is 0 Å². The minimum absolute atomic E-state index is 0.185. The zero-order valence-corrected chi connectivity index (χ0v) is 14.6. The van der Waals surface area contributed by atoms with E-state index < -0.39 is 0 Å². The maximum atomic E-state index is 12.7. The standard InChI is InChI=1S/C18H20ClN3O3/c1-9-15(19)17(22-21-9)18(24)20-16(12-7-13(23)8-12)11-2-3-14-10(6-11)4-5-25-14/h2-3,6,12-13,16,23H,4-5,7-8H2,1H3,(H,20,24)(H,21,22). The van der Waals surface area contributed by atoms with E-state index in [1.807, 2.05) is 12.1 Å². The molecule has 132 valence electrons. The predicted molar refractivity (Wildman–Crippen MR) is 92.9 cm³/mol. The minimum Gasteiger partial charge on any atom is -0.493 e. The fourth-order valence-electron chi connectivity index (χ4n) is 3.55. The van der Waals surface area contributed by atoms with Crippen LogP contribution in [0.15, 0.2) is 18.2 Å². The van der Waals surface area contributed by atoms with E-state index in [1.54, 1.807) is 6.92 Å². The van der Waals surface area contributed by atoms with E-state index in [1.165, 1.54) is 0 Å². The Labute approximate surface area is 150 Å². The molecule has 4 rings (SSSR count). The summed E-state index contributed by atoms with van der Waals surface area (Å²) in [4.78, 5) is 12.7. The van der Waals surface area contributed by atoms with Gasteiger partial charge in [0.25, 0.3) is 5.91 Å². The fourth-order valence-corrected chi connectivity index (χ4v) is 3.72. The smallest absolute Gasteiger partial charge is 0.273 e. The summed E-state index contributed by atoms with van der Waals surface area (Å²) in [5, 5.41) is 19.8. The molecule has 1 aromatic heterocycles. The summed E-state index contributed by atoms with van der Waals surface area (Å²) in [7, 11) is 0. The molecule has 2 aromatic rings. The van der Waals surface area contributed by atoms with Crippen molar-refractivity contribution in [2.75, 3.05) is 6.61 Å². The van der Waals surface area contributed by atoms with Gasteiger partial charge in [-0.05, 0) is 48.9 Å². The maximum Gasteiger partial charge on any atom is 0.273 e. The normalized spacial score (nSPS) is 22.7. The van der Waals surface area contributed by atoms with Gasteiger partial charge < -0.3 is 15.2 Å². The van der Waals surface area contributed by atoms with Crippen LogP contribution in [-0.2, 0) is 6.42 Å². The van der Waals surface area contributed by atoms with Crippen molar-refractivity contribution < 1.29 is 14.6 Å². The number of aliphatic hydroxyl groups is 1.